The number of terminal acetylenes is 1. The molecule has 0 aliphatic rings. The van der Waals surface area contributed by atoms with Crippen molar-refractivity contribution in [3.8, 4) is 12.3 Å². The van der Waals surface area contributed by atoms with Crippen LogP contribution >= 0.6 is 0 Å². The molecule has 1 N–H and O–H groups in total. The van der Waals surface area contributed by atoms with E-state index in [9.17, 15) is 21.6 Å². The van der Waals surface area contributed by atoms with Crippen molar-refractivity contribution in [3.05, 3.63) is 24.3 Å². The Morgan fingerprint density at radius 1 is 1.16 bits per heavy atom. The van der Waals surface area contributed by atoms with Crippen LogP contribution in [0.1, 0.15) is 13.8 Å². The first kappa shape index (κ1) is 15.4. The molecule has 19 heavy (non-hydrogen) atoms. The number of hydrogen-bond donors (Lipinski definition) is 1. The molecule has 0 heterocycles. The van der Waals surface area contributed by atoms with Gasteiger partial charge in [-0.05, 0) is 38.1 Å². The Morgan fingerprint density at radius 3 is 2.00 bits per heavy atom. The lowest BCUT2D eigenvalue weighted by Crippen LogP contribution is -2.28. The fourth-order valence-corrected chi connectivity index (χ4v) is 2.01. The third-order valence-corrected chi connectivity index (χ3v) is 3.79. The van der Waals surface area contributed by atoms with Gasteiger partial charge in [0.05, 0.1) is 10.4 Å². The molecule has 0 aliphatic heterocycles. The first-order valence-corrected chi connectivity index (χ1v) is 6.65. The summed E-state index contributed by atoms with van der Waals surface area (Å²) in [4.78, 5) is -0.802. The van der Waals surface area contributed by atoms with E-state index in [1.807, 2.05) is 0 Å². The number of alkyl halides is 3. The minimum atomic E-state index is -5.31. The number of rotatable bonds is 3. The Kier molecular flexibility index (Phi) is 3.87. The summed E-state index contributed by atoms with van der Waals surface area (Å²) in [6.07, 6.45) is 5.25. The molecule has 7 heteroatoms. The highest BCUT2D eigenvalue weighted by Crippen LogP contribution is 2.30. The van der Waals surface area contributed by atoms with Gasteiger partial charge in [-0.2, -0.15) is 13.2 Å². The summed E-state index contributed by atoms with van der Waals surface area (Å²) < 4.78 is 59.2. The molecule has 0 aliphatic carbocycles. The van der Waals surface area contributed by atoms with Crippen molar-refractivity contribution in [2.45, 2.75) is 29.8 Å². The van der Waals surface area contributed by atoms with Crippen LogP contribution in [0.4, 0.5) is 18.9 Å². The molecule has 0 fully saturated rings. The fraction of sp³-hybridized carbons (Fsp3) is 0.333. The van der Waals surface area contributed by atoms with Crippen LogP contribution < -0.4 is 5.32 Å². The monoisotopic (exact) mass is 291 g/mol. The SMILES string of the molecule is C#CC(C)(C)Nc1ccc(S(=O)(=O)C(F)(F)F)cc1. The van der Waals surface area contributed by atoms with Crippen molar-refractivity contribution < 1.29 is 21.6 Å². The molecular formula is C12H12F3NO2S. The zero-order valence-electron chi connectivity index (χ0n) is 10.2. The highest BCUT2D eigenvalue weighted by molar-refractivity contribution is 7.92. The van der Waals surface area contributed by atoms with E-state index in [0.29, 0.717) is 5.69 Å². The van der Waals surface area contributed by atoms with Gasteiger partial charge >= 0.3 is 5.51 Å². The molecule has 0 atom stereocenters. The van der Waals surface area contributed by atoms with E-state index in [0.717, 1.165) is 12.1 Å². The summed E-state index contributed by atoms with van der Waals surface area (Å²) in [5, 5.41) is 2.87. The second kappa shape index (κ2) is 4.78. The Labute approximate surface area is 109 Å². The maximum Gasteiger partial charge on any atom is 0.501 e. The van der Waals surface area contributed by atoms with E-state index >= 15 is 0 Å². The van der Waals surface area contributed by atoms with Gasteiger partial charge in [0.15, 0.2) is 0 Å². The fourth-order valence-electron chi connectivity index (χ4n) is 1.25. The summed E-state index contributed by atoms with van der Waals surface area (Å²) in [6.45, 7) is 3.40. The summed E-state index contributed by atoms with van der Waals surface area (Å²) >= 11 is 0. The van der Waals surface area contributed by atoms with Crippen molar-refractivity contribution in [1.82, 2.24) is 0 Å². The van der Waals surface area contributed by atoms with Crippen LogP contribution in [0.2, 0.25) is 0 Å². The predicted molar refractivity (Wildman–Crippen MR) is 66.2 cm³/mol. The summed E-state index contributed by atoms with van der Waals surface area (Å²) in [7, 11) is -5.31. The van der Waals surface area contributed by atoms with Gasteiger partial charge in [0.25, 0.3) is 9.84 Å². The third-order valence-electron chi connectivity index (χ3n) is 2.29. The molecule has 3 nitrogen and oxygen atoms in total. The maximum absolute atomic E-state index is 12.3. The largest absolute Gasteiger partial charge is 0.501 e. The molecule has 0 saturated heterocycles. The summed E-state index contributed by atoms with van der Waals surface area (Å²) in [6, 6.07) is 4.24. The minimum absolute atomic E-state index is 0.434. The number of hydrogen-bond acceptors (Lipinski definition) is 3. The quantitative estimate of drug-likeness (QED) is 0.871. The van der Waals surface area contributed by atoms with E-state index in [1.165, 1.54) is 12.1 Å². The molecule has 1 aromatic rings. The zero-order chi connectivity index (χ0) is 14.9. The van der Waals surface area contributed by atoms with E-state index in [4.69, 9.17) is 6.42 Å². The smallest absolute Gasteiger partial charge is 0.370 e. The molecule has 104 valence electrons. The van der Waals surface area contributed by atoms with Gasteiger partial charge in [-0.1, -0.05) is 5.92 Å². The first-order valence-electron chi connectivity index (χ1n) is 5.17. The number of halogens is 3. The first-order chi connectivity index (χ1) is 8.49. The normalized spacial score (nSPS) is 12.8. The Bertz CT molecular complexity index is 595. The molecule has 0 spiro atoms. The van der Waals surface area contributed by atoms with Crippen molar-refractivity contribution in [2.75, 3.05) is 5.32 Å². The van der Waals surface area contributed by atoms with Crippen LogP contribution in [0, 0.1) is 12.3 Å². The number of sulfone groups is 1. The Hall–Kier alpha value is -1.68. The number of anilines is 1. The Morgan fingerprint density at radius 2 is 1.63 bits per heavy atom. The maximum atomic E-state index is 12.3. The van der Waals surface area contributed by atoms with Crippen LogP contribution in [0.15, 0.2) is 29.2 Å². The molecule has 0 radical (unpaired) electrons. The zero-order valence-corrected chi connectivity index (χ0v) is 11.1. The summed E-state index contributed by atoms with van der Waals surface area (Å²) in [5.41, 5.74) is -5.56. The topological polar surface area (TPSA) is 46.2 Å². The average molecular weight is 291 g/mol. The lowest BCUT2D eigenvalue weighted by Gasteiger charge is -2.21. The van der Waals surface area contributed by atoms with Gasteiger partial charge in [-0.15, -0.1) is 6.42 Å². The van der Waals surface area contributed by atoms with Crippen LogP contribution in [-0.4, -0.2) is 19.5 Å². The highest BCUT2D eigenvalue weighted by atomic mass is 32.2. The van der Waals surface area contributed by atoms with Gasteiger partial charge in [-0.3, -0.25) is 0 Å². The summed E-state index contributed by atoms with van der Waals surface area (Å²) in [5.74, 6) is 2.45. The molecule has 1 rings (SSSR count). The van der Waals surface area contributed by atoms with Crippen LogP contribution in [0.3, 0.4) is 0 Å². The van der Waals surface area contributed by atoms with Crippen molar-refractivity contribution >= 4 is 15.5 Å². The lowest BCUT2D eigenvalue weighted by molar-refractivity contribution is -0.0436. The standard InChI is InChI=1S/C12H12F3NO2S/c1-4-11(2,3)16-9-5-7-10(8-6-9)19(17,18)12(13,14)15/h1,5-8,16H,2-3H3. The van der Waals surface area contributed by atoms with Crippen LogP contribution in [-0.2, 0) is 9.84 Å². The van der Waals surface area contributed by atoms with Gasteiger partial charge in [0.2, 0.25) is 0 Å². The van der Waals surface area contributed by atoms with Gasteiger partial charge in [0.1, 0.15) is 0 Å². The molecule has 1 aromatic carbocycles. The van der Waals surface area contributed by atoms with Crippen molar-refractivity contribution in [1.29, 1.82) is 0 Å². The molecule has 0 amide bonds. The van der Waals surface area contributed by atoms with Crippen LogP contribution in [0.25, 0.3) is 0 Å². The van der Waals surface area contributed by atoms with E-state index in [-0.39, 0.29) is 0 Å². The molecular weight excluding hydrogens is 279 g/mol. The minimum Gasteiger partial charge on any atom is -0.370 e. The van der Waals surface area contributed by atoms with Crippen molar-refractivity contribution in [2.24, 2.45) is 0 Å². The second-order valence-corrected chi connectivity index (χ2v) is 6.31. The average Bonchev–Trinajstić information content (AvgIpc) is 2.28. The van der Waals surface area contributed by atoms with E-state index < -0.39 is 25.8 Å². The van der Waals surface area contributed by atoms with Crippen molar-refractivity contribution in [3.63, 3.8) is 0 Å². The lowest BCUT2D eigenvalue weighted by atomic mass is 10.1. The molecule has 0 aromatic heterocycles. The highest BCUT2D eigenvalue weighted by Gasteiger charge is 2.46. The Balaban J connectivity index is 3.06. The van der Waals surface area contributed by atoms with Gasteiger partial charge < -0.3 is 5.32 Å². The van der Waals surface area contributed by atoms with E-state index in [1.54, 1.807) is 13.8 Å². The molecule has 0 saturated carbocycles. The third kappa shape index (κ3) is 3.41. The molecule has 0 bridgehead atoms. The van der Waals surface area contributed by atoms with Crippen LogP contribution in [0.5, 0.6) is 0 Å². The second-order valence-electron chi connectivity index (χ2n) is 4.37. The molecule has 0 unspecified atom stereocenters. The van der Waals surface area contributed by atoms with Gasteiger partial charge in [-0.25, -0.2) is 8.42 Å². The van der Waals surface area contributed by atoms with Gasteiger partial charge in [0, 0.05) is 5.69 Å². The number of nitrogens with one attached hydrogen (secondary N) is 1. The number of benzene rings is 1. The van der Waals surface area contributed by atoms with E-state index in [2.05, 4.69) is 11.2 Å². The predicted octanol–water partition coefficient (Wildman–Crippen LogP) is 2.80.